The Morgan fingerprint density at radius 2 is 1.70 bits per heavy atom. The average molecular weight is 410 g/mol. The van der Waals surface area contributed by atoms with Gasteiger partial charge in [0.25, 0.3) is 0 Å². The number of sulfonamides is 1. The molecule has 6 nitrogen and oxygen atoms in total. The first-order valence-electron chi connectivity index (χ1n) is 8.78. The standard InChI is InChI=1S/C19H27N3O3S2/c1-12(2)27(24,25)22-15-9-7-14(8-10-15)13(3)17(23)21-18-20-16(11-26-18)19(4,5)6/h7-13,22H,1-6H3,(H,20,21,23). The number of benzene rings is 1. The van der Waals surface area contributed by atoms with Crippen LogP contribution in [-0.2, 0) is 20.2 Å². The van der Waals surface area contributed by atoms with Gasteiger partial charge in [-0.15, -0.1) is 11.3 Å². The number of rotatable bonds is 6. The molecular formula is C19H27N3O3S2. The normalized spacial score (nSPS) is 13.4. The van der Waals surface area contributed by atoms with E-state index in [4.69, 9.17) is 0 Å². The molecule has 0 aliphatic carbocycles. The van der Waals surface area contributed by atoms with Gasteiger partial charge in [0.15, 0.2) is 5.13 Å². The van der Waals surface area contributed by atoms with E-state index < -0.39 is 15.3 Å². The number of carbonyl (C=O) groups is 1. The van der Waals surface area contributed by atoms with E-state index in [0.29, 0.717) is 10.8 Å². The molecule has 0 bridgehead atoms. The number of hydrogen-bond acceptors (Lipinski definition) is 5. The molecule has 2 N–H and O–H groups in total. The fourth-order valence-electron chi connectivity index (χ4n) is 2.16. The second-order valence-electron chi connectivity index (χ2n) is 7.82. The van der Waals surface area contributed by atoms with E-state index in [-0.39, 0.29) is 17.2 Å². The molecule has 2 rings (SSSR count). The topological polar surface area (TPSA) is 88.2 Å². The third kappa shape index (κ3) is 5.52. The van der Waals surface area contributed by atoms with Gasteiger partial charge < -0.3 is 5.32 Å². The number of carbonyl (C=O) groups excluding carboxylic acids is 1. The van der Waals surface area contributed by atoms with Crippen LogP contribution in [-0.4, -0.2) is 24.6 Å². The Bertz CT molecular complexity index is 895. The first-order chi connectivity index (χ1) is 12.4. The van der Waals surface area contributed by atoms with Crippen molar-refractivity contribution >= 4 is 38.1 Å². The van der Waals surface area contributed by atoms with Crippen molar-refractivity contribution in [3.05, 3.63) is 40.9 Å². The average Bonchev–Trinajstić information content (AvgIpc) is 3.03. The summed E-state index contributed by atoms with van der Waals surface area (Å²) in [5.74, 6) is -0.539. The number of anilines is 2. The number of nitrogens with one attached hydrogen (secondary N) is 2. The van der Waals surface area contributed by atoms with Crippen LogP contribution in [0.3, 0.4) is 0 Å². The van der Waals surface area contributed by atoms with Gasteiger partial charge in [-0.25, -0.2) is 13.4 Å². The molecule has 2 aromatic rings. The number of thiazole rings is 1. The van der Waals surface area contributed by atoms with Crippen LogP contribution in [0.15, 0.2) is 29.6 Å². The molecule has 0 spiro atoms. The summed E-state index contributed by atoms with van der Waals surface area (Å²) in [6, 6.07) is 6.84. The van der Waals surface area contributed by atoms with E-state index >= 15 is 0 Å². The molecule has 0 radical (unpaired) electrons. The Kier molecular flexibility index (Phi) is 6.32. The van der Waals surface area contributed by atoms with Gasteiger partial charge in [0.05, 0.1) is 16.9 Å². The maximum atomic E-state index is 12.5. The molecule has 1 amide bonds. The lowest BCUT2D eigenvalue weighted by Crippen LogP contribution is -2.22. The van der Waals surface area contributed by atoms with Gasteiger partial charge in [0.1, 0.15) is 0 Å². The number of amides is 1. The molecule has 148 valence electrons. The fourth-order valence-corrected chi connectivity index (χ4v) is 3.80. The van der Waals surface area contributed by atoms with Crippen LogP contribution >= 0.6 is 11.3 Å². The second-order valence-corrected chi connectivity index (χ2v) is 10.9. The lowest BCUT2D eigenvalue weighted by atomic mass is 9.93. The second kappa shape index (κ2) is 7.98. The highest BCUT2D eigenvalue weighted by Gasteiger charge is 2.21. The monoisotopic (exact) mass is 409 g/mol. The van der Waals surface area contributed by atoms with E-state index in [9.17, 15) is 13.2 Å². The molecule has 8 heteroatoms. The summed E-state index contributed by atoms with van der Waals surface area (Å²) in [5, 5.41) is 4.88. The summed E-state index contributed by atoms with van der Waals surface area (Å²) >= 11 is 1.41. The van der Waals surface area contributed by atoms with Gasteiger partial charge in [-0.3, -0.25) is 9.52 Å². The summed E-state index contributed by atoms with van der Waals surface area (Å²) in [6.45, 7) is 11.3. The molecule has 1 heterocycles. The first-order valence-corrected chi connectivity index (χ1v) is 11.2. The van der Waals surface area contributed by atoms with Gasteiger partial charge >= 0.3 is 0 Å². The van der Waals surface area contributed by atoms with Crippen molar-refractivity contribution < 1.29 is 13.2 Å². The van der Waals surface area contributed by atoms with Gasteiger partial charge in [-0.05, 0) is 38.5 Å². The zero-order chi connectivity index (χ0) is 20.4. The van der Waals surface area contributed by atoms with Crippen molar-refractivity contribution in [1.29, 1.82) is 0 Å². The molecule has 0 aliphatic rings. The van der Waals surface area contributed by atoms with Crippen LogP contribution in [0.4, 0.5) is 10.8 Å². The number of nitrogens with zero attached hydrogens (tertiary/aromatic N) is 1. The summed E-state index contributed by atoms with van der Waals surface area (Å²) in [5.41, 5.74) is 2.16. The lowest BCUT2D eigenvalue weighted by Gasteiger charge is -2.15. The van der Waals surface area contributed by atoms with Crippen LogP contribution in [0.1, 0.15) is 58.7 Å². The van der Waals surface area contributed by atoms with Crippen LogP contribution in [0.5, 0.6) is 0 Å². The van der Waals surface area contributed by atoms with E-state index in [0.717, 1.165) is 11.3 Å². The number of aromatic nitrogens is 1. The van der Waals surface area contributed by atoms with E-state index in [1.807, 2.05) is 5.38 Å². The van der Waals surface area contributed by atoms with Crippen molar-refractivity contribution in [2.24, 2.45) is 0 Å². The Morgan fingerprint density at radius 1 is 1.11 bits per heavy atom. The Balaban J connectivity index is 2.05. The summed E-state index contributed by atoms with van der Waals surface area (Å²) in [4.78, 5) is 17.0. The van der Waals surface area contributed by atoms with Crippen LogP contribution in [0, 0.1) is 0 Å². The quantitative estimate of drug-likeness (QED) is 0.743. The van der Waals surface area contributed by atoms with Crippen LogP contribution in [0.25, 0.3) is 0 Å². The van der Waals surface area contributed by atoms with Crippen molar-refractivity contribution in [3.63, 3.8) is 0 Å². The molecule has 1 aromatic heterocycles. The van der Waals surface area contributed by atoms with Crippen molar-refractivity contribution in [2.75, 3.05) is 10.0 Å². The molecule has 0 fully saturated rings. The predicted octanol–water partition coefficient (Wildman–Crippen LogP) is 4.33. The third-order valence-corrected chi connectivity index (χ3v) is 6.71. The van der Waals surface area contributed by atoms with Crippen LogP contribution in [0.2, 0.25) is 0 Å². The minimum absolute atomic E-state index is 0.0652. The smallest absolute Gasteiger partial charge is 0.235 e. The Morgan fingerprint density at radius 3 is 2.19 bits per heavy atom. The minimum atomic E-state index is -3.39. The van der Waals surface area contributed by atoms with E-state index in [2.05, 4.69) is 35.8 Å². The third-order valence-electron chi connectivity index (χ3n) is 4.19. The molecule has 0 saturated carbocycles. The molecule has 1 aromatic carbocycles. The highest BCUT2D eigenvalue weighted by Crippen LogP contribution is 2.27. The predicted molar refractivity (Wildman–Crippen MR) is 112 cm³/mol. The highest BCUT2D eigenvalue weighted by atomic mass is 32.2. The molecule has 0 aliphatic heterocycles. The molecule has 0 saturated heterocycles. The van der Waals surface area contributed by atoms with Crippen molar-refractivity contribution in [1.82, 2.24) is 4.98 Å². The maximum absolute atomic E-state index is 12.5. The minimum Gasteiger partial charge on any atom is -0.301 e. The van der Waals surface area contributed by atoms with E-state index in [1.54, 1.807) is 45.0 Å². The van der Waals surface area contributed by atoms with E-state index in [1.165, 1.54) is 11.3 Å². The summed E-state index contributed by atoms with van der Waals surface area (Å²) < 4.78 is 26.4. The van der Waals surface area contributed by atoms with Gasteiger partial charge in [-0.2, -0.15) is 0 Å². The Hall–Kier alpha value is -1.93. The highest BCUT2D eigenvalue weighted by molar-refractivity contribution is 7.93. The summed E-state index contributed by atoms with van der Waals surface area (Å²) in [6.07, 6.45) is 0. The van der Waals surface area contributed by atoms with Crippen molar-refractivity contribution in [3.8, 4) is 0 Å². The Labute approximate surface area is 165 Å². The molecule has 1 unspecified atom stereocenters. The van der Waals surface area contributed by atoms with Gasteiger partial charge in [0, 0.05) is 16.5 Å². The summed E-state index contributed by atoms with van der Waals surface area (Å²) in [7, 11) is -3.39. The first kappa shape index (κ1) is 21.4. The zero-order valence-corrected chi connectivity index (χ0v) is 18.2. The molecule has 27 heavy (non-hydrogen) atoms. The molecular weight excluding hydrogens is 382 g/mol. The largest absolute Gasteiger partial charge is 0.301 e. The SMILES string of the molecule is CC(C(=O)Nc1nc(C(C)(C)C)cs1)c1ccc(NS(=O)(=O)C(C)C)cc1. The zero-order valence-electron chi connectivity index (χ0n) is 16.5. The maximum Gasteiger partial charge on any atom is 0.235 e. The fraction of sp³-hybridized carbons (Fsp3) is 0.474. The van der Waals surface area contributed by atoms with Gasteiger partial charge in [-0.1, -0.05) is 32.9 Å². The van der Waals surface area contributed by atoms with Crippen molar-refractivity contribution in [2.45, 2.75) is 58.1 Å². The number of hydrogen-bond donors (Lipinski definition) is 2. The molecule has 1 atom stereocenters. The van der Waals surface area contributed by atoms with Crippen LogP contribution < -0.4 is 10.0 Å². The van der Waals surface area contributed by atoms with Gasteiger partial charge in [0.2, 0.25) is 15.9 Å². The lowest BCUT2D eigenvalue weighted by molar-refractivity contribution is -0.117.